The number of nitrogens with zero attached hydrogens (tertiary/aromatic N) is 2. The van der Waals surface area contributed by atoms with Gasteiger partial charge >= 0.3 is 0 Å². The first-order valence-corrected chi connectivity index (χ1v) is 6.33. The highest BCUT2D eigenvalue weighted by molar-refractivity contribution is 5.57. The molecule has 2 rings (SSSR count). The van der Waals surface area contributed by atoms with Crippen molar-refractivity contribution in [3.05, 3.63) is 42.1 Å². The molecule has 19 heavy (non-hydrogen) atoms. The van der Waals surface area contributed by atoms with Crippen LogP contribution in [0.25, 0.3) is 11.4 Å². The fourth-order valence-electron chi connectivity index (χ4n) is 1.57. The molecule has 0 fully saturated rings. The van der Waals surface area contributed by atoms with E-state index in [-0.39, 0.29) is 0 Å². The molecular formula is C16H17N3. The highest BCUT2D eigenvalue weighted by Crippen LogP contribution is 2.15. The highest BCUT2D eigenvalue weighted by Gasteiger charge is 2.00. The number of nitrogens with two attached hydrogens (primary N) is 1. The molecule has 0 aromatic carbocycles. The van der Waals surface area contributed by atoms with Crippen LogP contribution in [-0.2, 0) is 0 Å². The molecule has 2 aromatic rings. The van der Waals surface area contributed by atoms with Crippen LogP contribution >= 0.6 is 0 Å². The van der Waals surface area contributed by atoms with Gasteiger partial charge in [-0.2, -0.15) is 0 Å². The quantitative estimate of drug-likeness (QED) is 0.834. The first-order chi connectivity index (χ1) is 9.15. The van der Waals surface area contributed by atoms with E-state index >= 15 is 0 Å². The maximum Gasteiger partial charge on any atom is 0.124 e. The molecular weight excluding hydrogens is 234 g/mol. The van der Waals surface area contributed by atoms with E-state index in [9.17, 15) is 0 Å². The Morgan fingerprint density at radius 1 is 1.16 bits per heavy atom. The third-order valence-corrected chi connectivity index (χ3v) is 2.54. The SMILES string of the molecule is CC(C)CC#Cc1ccc(-c2cccc(N)n2)nc1. The number of hydrogen-bond donors (Lipinski definition) is 1. The van der Waals surface area contributed by atoms with Gasteiger partial charge in [-0.05, 0) is 30.2 Å². The van der Waals surface area contributed by atoms with Crippen molar-refractivity contribution < 1.29 is 0 Å². The summed E-state index contributed by atoms with van der Waals surface area (Å²) in [5.41, 5.74) is 8.17. The Labute approximate surface area is 113 Å². The zero-order valence-electron chi connectivity index (χ0n) is 11.2. The molecule has 0 spiro atoms. The number of rotatable bonds is 2. The van der Waals surface area contributed by atoms with Crippen molar-refractivity contribution in [2.45, 2.75) is 20.3 Å². The fourth-order valence-corrected chi connectivity index (χ4v) is 1.57. The van der Waals surface area contributed by atoms with E-state index in [0.717, 1.165) is 23.4 Å². The largest absolute Gasteiger partial charge is 0.384 e. The van der Waals surface area contributed by atoms with Crippen LogP contribution in [0.4, 0.5) is 5.82 Å². The summed E-state index contributed by atoms with van der Waals surface area (Å²) < 4.78 is 0. The smallest absolute Gasteiger partial charge is 0.124 e. The van der Waals surface area contributed by atoms with Crippen LogP contribution in [0.2, 0.25) is 0 Å². The molecule has 2 N–H and O–H groups in total. The van der Waals surface area contributed by atoms with Crippen molar-refractivity contribution in [3.8, 4) is 23.2 Å². The van der Waals surface area contributed by atoms with Crippen LogP contribution in [0, 0.1) is 17.8 Å². The normalized spacial score (nSPS) is 10.1. The molecule has 3 nitrogen and oxygen atoms in total. The molecule has 0 radical (unpaired) electrons. The number of hydrogen-bond acceptors (Lipinski definition) is 3. The maximum atomic E-state index is 5.66. The Morgan fingerprint density at radius 3 is 2.63 bits per heavy atom. The van der Waals surface area contributed by atoms with Crippen LogP contribution in [-0.4, -0.2) is 9.97 Å². The second-order valence-corrected chi connectivity index (χ2v) is 4.78. The van der Waals surface area contributed by atoms with Crippen LogP contribution in [0.1, 0.15) is 25.8 Å². The van der Waals surface area contributed by atoms with E-state index in [1.165, 1.54) is 0 Å². The zero-order chi connectivity index (χ0) is 13.7. The van der Waals surface area contributed by atoms with E-state index < -0.39 is 0 Å². The second-order valence-electron chi connectivity index (χ2n) is 4.78. The lowest BCUT2D eigenvalue weighted by Gasteiger charge is -2.00. The van der Waals surface area contributed by atoms with Gasteiger partial charge in [-0.3, -0.25) is 4.98 Å². The summed E-state index contributed by atoms with van der Waals surface area (Å²) in [6.45, 7) is 4.31. The average Bonchev–Trinajstić information content (AvgIpc) is 2.39. The topological polar surface area (TPSA) is 51.8 Å². The lowest BCUT2D eigenvalue weighted by atomic mass is 10.1. The Kier molecular flexibility index (Phi) is 4.15. The van der Waals surface area contributed by atoms with E-state index in [2.05, 4.69) is 35.7 Å². The molecule has 96 valence electrons. The second kappa shape index (κ2) is 6.01. The van der Waals surface area contributed by atoms with Crippen molar-refractivity contribution in [3.63, 3.8) is 0 Å². The summed E-state index contributed by atoms with van der Waals surface area (Å²) in [5, 5.41) is 0. The van der Waals surface area contributed by atoms with Crippen LogP contribution in [0.5, 0.6) is 0 Å². The molecule has 2 heterocycles. The van der Waals surface area contributed by atoms with Gasteiger partial charge in [-0.1, -0.05) is 31.8 Å². The van der Waals surface area contributed by atoms with Gasteiger partial charge in [-0.15, -0.1) is 0 Å². The van der Waals surface area contributed by atoms with Crippen molar-refractivity contribution in [1.29, 1.82) is 0 Å². The lowest BCUT2D eigenvalue weighted by Crippen LogP contribution is -1.93. The molecule has 0 aliphatic heterocycles. The third-order valence-electron chi connectivity index (χ3n) is 2.54. The zero-order valence-corrected chi connectivity index (χ0v) is 11.2. The monoisotopic (exact) mass is 251 g/mol. The molecule has 0 bridgehead atoms. The van der Waals surface area contributed by atoms with E-state index in [1.54, 1.807) is 12.3 Å². The molecule has 2 aromatic heterocycles. The summed E-state index contributed by atoms with van der Waals surface area (Å²) >= 11 is 0. The first kappa shape index (κ1) is 13.1. The lowest BCUT2D eigenvalue weighted by molar-refractivity contribution is 0.676. The van der Waals surface area contributed by atoms with Crippen molar-refractivity contribution in [1.82, 2.24) is 9.97 Å². The average molecular weight is 251 g/mol. The van der Waals surface area contributed by atoms with Gasteiger partial charge in [0.15, 0.2) is 0 Å². The number of nitrogen functional groups attached to an aromatic ring is 1. The number of pyridine rings is 2. The summed E-state index contributed by atoms with van der Waals surface area (Å²) in [6, 6.07) is 9.40. The van der Waals surface area contributed by atoms with E-state index in [0.29, 0.717) is 11.7 Å². The Bertz CT molecular complexity index is 604. The molecule has 0 aliphatic carbocycles. The Hall–Kier alpha value is -2.34. The summed E-state index contributed by atoms with van der Waals surface area (Å²) in [6.07, 6.45) is 2.67. The third kappa shape index (κ3) is 3.82. The first-order valence-electron chi connectivity index (χ1n) is 6.33. The minimum Gasteiger partial charge on any atom is -0.384 e. The standard InChI is InChI=1S/C16H17N3/c1-12(2)5-3-6-13-9-10-14(18-11-13)15-7-4-8-16(17)19-15/h4,7-12H,5H2,1-2H3,(H2,17,19). The summed E-state index contributed by atoms with van der Waals surface area (Å²) in [4.78, 5) is 8.60. The highest BCUT2D eigenvalue weighted by atomic mass is 14.9. The van der Waals surface area contributed by atoms with Crippen LogP contribution < -0.4 is 5.73 Å². The molecule has 0 amide bonds. The predicted octanol–water partition coefficient (Wildman–Crippen LogP) is 3.12. The van der Waals surface area contributed by atoms with Gasteiger partial charge in [0.25, 0.3) is 0 Å². The minimum atomic E-state index is 0.500. The number of aromatic nitrogens is 2. The van der Waals surface area contributed by atoms with Gasteiger partial charge in [0.05, 0.1) is 11.4 Å². The molecule has 3 heteroatoms. The van der Waals surface area contributed by atoms with E-state index in [4.69, 9.17) is 5.73 Å². The van der Waals surface area contributed by atoms with Crippen LogP contribution in [0.15, 0.2) is 36.5 Å². The molecule has 0 atom stereocenters. The summed E-state index contributed by atoms with van der Waals surface area (Å²) in [5.74, 6) is 7.35. The van der Waals surface area contributed by atoms with Gasteiger partial charge in [0.2, 0.25) is 0 Å². The van der Waals surface area contributed by atoms with Crippen molar-refractivity contribution in [2.24, 2.45) is 5.92 Å². The molecule has 0 aliphatic rings. The van der Waals surface area contributed by atoms with Crippen LogP contribution in [0.3, 0.4) is 0 Å². The van der Waals surface area contributed by atoms with Crippen molar-refractivity contribution >= 4 is 5.82 Å². The van der Waals surface area contributed by atoms with Gasteiger partial charge < -0.3 is 5.73 Å². The van der Waals surface area contributed by atoms with Gasteiger partial charge in [0, 0.05) is 18.2 Å². The molecule has 0 unspecified atom stereocenters. The maximum absolute atomic E-state index is 5.66. The minimum absolute atomic E-state index is 0.500. The Morgan fingerprint density at radius 2 is 2.00 bits per heavy atom. The van der Waals surface area contributed by atoms with E-state index in [1.807, 2.05) is 24.3 Å². The number of anilines is 1. The molecule has 0 saturated carbocycles. The molecule has 0 saturated heterocycles. The summed E-state index contributed by atoms with van der Waals surface area (Å²) in [7, 11) is 0. The van der Waals surface area contributed by atoms with Gasteiger partial charge in [-0.25, -0.2) is 4.98 Å². The predicted molar refractivity (Wildman–Crippen MR) is 78.2 cm³/mol. The Balaban J connectivity index is 2.16. The fraction of sp³-hybridized carbons (Fsp3) is 0.250. The van der Waals surface area contributed by atoms with Crippen molar-refractivity contribution in [2.75, 3.05) is 5.73 Å². The van der Waals surface area contributed by atoms with Gasteiger partial charge in [0.1, 0.15) is 5.82 Å².